The Morgan fingerprint density at radius 1 is 0.783 bits per heavy atom. The molecule has 0 atom stereocenters. The molecule has 0 aromatic heterocycles. The molecule has 2 aromatic carbocycles. The maximum atomic E-state index is 5.69. The van der Waals surface area contributed by atoms with E-state index in [4.69, 9.17) is 18.9 Å². The summed E-state index contributed by atoms with van der Waals surface area (Å²) in [6, 6.07) is 12.0. The maximum Gasteiger partial charge on any atom is 0.366 e. The van der Waals surface area contributed by atoms with Crippen LogP contribution in [0.3, 0.4) is 0 Å². The van der Waals surface area contributed by atoms with Crippen LogP contribution in [0.25, 0.3) is 0 Å². The first-order valence-corrected chi connectivity index (χ1v) is 9.44. The first kappa shape index (κ1) is 17.7. The first-order chi connectivity index (χ1) is 11.1. The van der Waals surface area contributed by atoms with E-state index in [1.54, 1.807) is 21.3 Å². The van der Waals surface area contributed by atoms with Crippen molar-refractivity contribution >= 4 is 0 Å². The molecule has 124 valence electrons. The molecular formula is C18H22IO4+. The second-order valence-electron chi connectivity index (χ2n) is 5.06. The Bertz CT molecular complexity index is 613. The summed E-state index contributed by atoms with van der Waals surface area (Å²) in [6.45, 7) is 4.04. The van der Waals surface area contributed by atoms with E-state index in [0.29, 0.717) is 0 Å². The molecule has 0 spiro atoms. The van der Waals surface area contributed by atoms with Crippen molar-refractivity contribution in [3.8, 4) is 23.0 Å². The third kappa shape index (κ3) is 4.67. The van der Waals surface area contributed by atoms with E-state index in [9.17, 15) is 0 Å². The predicted octanol–water partition coefficient (Wildman–Crippen LogP) is 0.628. The summed E-state index contributed by atoms with van der Waals surface area (Å²) < 4.78 is 24.4. The minimum absolute atomic E-state index is 0.178. The van der Waals surface area contributed by atoms with Gasteiger partial charge in [0.25, 0.3) is 3.57 Å². The molecule has 0 aliphatic heterocycles. The number of hydrogen-bond acceptors (Lipinski definition) is 4. The Morgan fingerprint density at radius 2 is 1.35 bits per heavy atom. The SMILES string of the molecule is COc1cc(OC)c([I+]c2ccc(OC(C)C)cc2)c(OC)c1. The number of rotatable bonds is 7. The highest BCUT2D eigenvalue weighted by molar-refractivity contribution is 5.41. The second-order valence-corrected chi connectivity index (χ2v) is 7.92. The minimum Gasteiger partial charge on any atom is -0.496 e. The zero-order chi connectivity index (χ0) is 16.8. The molecule has 0 amide bonds. The van der Waals surface area contributed by atoms with Crippen LogP contribution in [-0.2, 0) is 0 Å². The molecule has 5 heteroatoms. The lowest BCUT2D eigenvalue weighted by Crippen LogP contribution is -3.61. The normalized spacial score (nSPS) is 10.5. The fraction of sp³-hybridized carbons (Fsp3) is 0.333. The number of hydrogen-bond donors (Lipinski definition) is 0. The average Bonchev–Trinajstić information content (AvgIpc) is 2.56. The topological polar surface area (TPSA) is 36.9 Å². The Balaban J connectivity index is 2.28. The van der Waals surface area contributed by atoms with Gasteiger partial charge in [-0.15, -0.1) is 0 Å². The van der Waals surface area contributed by atoms with Crippen molar-refractivity contribution in [1.29, 1.82) is 0 Å². The summed E-state index contributed by atoms with van der Waals surface area (Å²) in [6.07, 6.45) is 0.178. The van der Waals surface area contributed by atoms with Crippen molar-refractivity contribution in [1.82, 2.24) is 0 Å². The molecule has 0 saturated heterocycles. The van der Waals surface area contributed by atoms with Crippen LogP contribution in [0, 0.1) is 7.14 Å². The van der Waals surface area contributed by atoms with E-state index in [1.807, 2.05) is 38.1 Å². The molecule has 4 nitrogen and oxygen atoms in total. The fourth-order valence-corrected chi connectivity index (χ4v) is 4.64. The summed E-state index contributed by atoms with van der Waals surface area (Å²) in [5, 5.41) is 0. The van der Waals surface area contributed by atoms with Crippen LogP contribution < -0.4 is 40.2 Å². The van der Waals surface area contributed by atoms with Crippen LogP contribution in [0.1, 0.15) is 13.8 Å². The molecule has 0 fully saturated rings. The predicted molar refractivity (Wildman–Crippen MR) is 85.7 cm³/mol. The standard InChI is InChI=1S/C18H22IO4/c1-12(2)23-14-8-6-13(7-9-14)19-18-16(21-4)10-15(20-3)11-17(18)22-5/h6-12H,1-5H3/q+1. The van der Waals surface area contributed by atoms with Crippen LogP contribution in [0.2, 0.25) is 0 Å². The van der Waals surface area contributed by atoms with Gasteiger partial charge in [0, 0.05) is 12.1 Å². The van der Waals surface area contributed by atoms with Gasteiger partial charge in [-0.1, -0.05) is 0 Å². The first-order valence-electron chi connectivity index (χ1n) is 7.29. The number of benzene rings is 2. The van der Waals surface area contributed by atoms with Crippen molar-refractivity contribution in [2.75, 3.05) is 21.3 Å². The van der Waals surface area contributed by atoms with Gasteiger partial charge >= 0.3 is 21.2 Å². The van der Waals surface area contributed by atoms with Crippen molar-refractivity contribution in [2.24, 2.45) is 0 Å². The fourth-order valence-electron chi connectivity index (χ4n) is 2.01. The third-order valence-electron chi connectivity index (χ3n) is 3.04. The Labute approximate surface area is 148 Å². The monoisotopic (exact) mass is 429 g/mol. The summed E-state index contributed by atoms with van der Waals surface area (Å²) in [4.78, 5) is 0. The average molecular weight is 429 g/mol. The van der Waals surface area contributed by atoms with E-state index in [1.165, 1.54) is 3.57 Å². The summed E-state index contributed by atoms with van der Waals surface area (Å²) >= 11 is -0.440. The van der Waals surface area contributed by atoms with Crippen LogP contribution in [0.4, 0.5) is 0 Å². The molecular weight excluding hydrogens is 407 g/mol. The molecule has 23 heavy (non-hydrogen) atoms. The molecule has 2 aromatic rings. The summed E-state index contributed by atoms with van der Waals surface area (Å²) in [5.41, 5.74) is 0. The van der Waals surface area contributed by atoms with Crippen molar-refractivity contribution < 1.29 is 40.2 Å². The smallest absolute Gasteiger partial charge is 0.366 e. The number of ether oxygens (including phenoxy) is 4. The van der Waals surface area contributed by atoms with Crippen molar-refractivity contribution in [2.45, 2.75) is 20.0 Å². The largest absolute Gasteiger partial charge is 0.496 e. The highest BCUT2D eigenvalue weighted by Gasteiger charge is 2.28. The summed E-state index contributed by atoms with van der Waals surface area (Å²) in [5.74, 6) is 3.22. The zero-order valence-electron chi connectivity index (χ0n) is 14.1. The lowest BCUT2D eigenvalue weighted by molar-refractivity contribution is -0.598. The molecule has 0 saturated carbocycles. The van der Waals surface area contributed by atoms with Crippen LogP contribution in [0.15, 0.2) is 36.4 Å². The molecule has 0 aliphatic rings. The van der Waals surface area contributed by atoms with Crippen LogP contribution in [0.5, 0.6) is 23.0 Å². The lowest BCUT2D eigenvalue weighted by Gasteiger charge is -2.09. The van der Waals surface area contributed by atoms with Gasteiger partial charge < -0.3 is 18.9 Å². The third-order valence-corrected chi connectivity index (χ3v) is 5.99. The number of halogens is 1. The van der Waals surface area contributed by atoms with Gasteiger partial charge in [0.15, 0.2) is 15.1 Å². The molecule has 0 N–H and O–H groups in total. The minimum atomic E-state index is -0.440. The van der Waals surface area contributed by atoms with E-state index < -0.39 is 21.2 Å². The van der Waals surface area contributed by atoms with Gasteiger partial charge in [0.05, 0.1) is 27.4 Å². The highest BCUT2D eigenvalue weighted by atomic mass is 127. The summed E-state index contributed by atoms with van der Waals surface area (Å²) in [7, 11) is 4.97. The Morgan fingerprint density at radius 3 is 1.78 bits per heavy atom. The Hall–Kier alpha value is -1.63. The van der Waals surface area contributed by atoms with Gasteiger partial charge in [0.1, 0.15) is 11.5 Å². The van der Waals surface area contributed by atoms with Gasteiger partial charge in [0.2, 0.25) is 0 Å². The van der Waals surface area contributed by atoms with E-state index in [0.717, 1.165) is 26.6 Å². The van der Waals surface area contributed by atoms with Crippen molar-refractivity contribution in [3.05, 3.63) is 43.5 Å². The van der Waals surface area contributed by atoms with Gasteiger partial charge in [-0.25, -0.2) is 0 Å². The molecule has 0 heterocycles. The maximum absolute atomic E-state index is 5.69. The molecule has 0 aliphatic carbocycles. The molecule has 0 bridgehead atoms. The molecule has 0 unspecified atom stereocenters. The number of methoxy groups -OCH3 is 3. The van der Waals surface area contributed by atoms with Crippen LogP contribution >= 0.6 is 0 Å². The molecule has 2 rings (SSSR count). The zero-order valence-corrected chi connectivity index (χ0v) is 16.2. The van der Waals surface area contributed by atoms with Gasteiger partial charge in [-0.05, 0) is 38.1 Å². The van der Waals surface area contributed by atoms with E-state index in [2.05, 4.69) is 12.1 Å². The van der Waals surface area contributed by atoms with Gasteiger partial charge in [-0.3, -0.25) is 0 Å². The second kappa shape index (κ2) is 8.29. The van der Waals surface area contributed by atoms with Crippen LogP contribution in [-0.4, -0.2) is 27.4 Å². The lowest BCUT2D eigenvalue weighted by atomic mass is 10.3. The highest BCUT2D eigenvalue weighted by Crippen LogP contribution is 2.27. The van der Waals surface area contributed by atoms with Crippen molar-refractivity contribution in [3.63, 3.8) is 0 Å². The van der Waals surface area contributed by atoms with E-state index in [-0.39, 0.29) is 6.10 Å². The van der Waals surface area contributed by atoms with Gasteiger partial charge in [-0.2, -0.15) is 0 Å². The molecule has 0 radical (unpaired) electrons. The Kier molecular flexibility index (Phi) is 6.38. The quantitative estimate of drug-likeness (QED) is 0.606. The van der Waals surface area contributed by atoms with E-state index >= 15 is 0 Å².